The first-order chi connectivity index (χ1) is 4.74. The van der Waals surface area contributed by atoms with Crippen molar-refractivity contribution in [3.05, 3.63) is 22.8 Å². The molecule has 10 heavy (non-hydrogen) atoms. The van der Waals surface area contributed by atoms with Gasteiger partial charge in [-0.1, -0.05) is 11.6 Å². The normalized spacial score (nSPS) is 9.80. The molecule has 0 aliphatic rings. The van der Waals surface area contributed by atoms with Crippen LogP contribution in [0.1, 0.15) is 5.69 Å². The molecule has 0 amide bonds. The van der Waals surface area contributed by atoms with Gasteiger partial charge in [0.2, 0.25) is 0 Å². The molecular formula is C6H7ClN2O. The van der Waals surface area contributed by atoms with Crippen molar-refractivity contribution in [2.75, 3.05) is 5.73 Å². The van der Waals surface area contributed by atoms with E-state index in [1.165, 1.54) is 0 Å². The number of aliphatic hydroxyl groups excluding tert-OH is 1. The predicted molar refractivity (Wildman–Crippen MR) is 39.6 cm³/mol. The summed E-state index contributed by atoms with van der Waals surface area (Å²) in [5.41, 5.74) is 5.74. The van der Waals surface area contributed by atoms with E-state index in [0.29, 0.717) is 16.5 Å². The Morgan fingerprint density at radius 3 is 2.80 bits per heavy atom. The molecule has 0 radical (unpaired) electrons. The molecule has 1 heterocycles. The van der Waals surface area contributed by atoms with E-state index in [1.54, 1.807) is 12.1 Å². The number of aromatic nitrogens is 1. The molecule has 4 heteroatoms. The maximum absolute atomic E-state index is 8.64. The number of nitrogens with two attached hydrogens (primary N) is 1. The summed E-state index contributed by atoms with van der Waals surface area (Å²) in [5.74, 6) is 0.369. The van der Waals surface area contributed by atoms with Gasteiger partial charge in [-0.05, 0) is 12.1 Å². The van der Waals surface area contributed by atoms with Crippen LogP contribution in [0.5, 0.6) is 0 Å². The Kier molecular flexibility index (Phi) is 2.09. The van der Waals surface area contributed by atoms with Crippen molar-refractivity contribution < 1.29 is 5.11 Å². The van der Waals surface area contributed by atoms with E-state index in [-0.39, 0.29) is 6.61 Å². The number of halogens is 1. The zero-order chi connectivity index (χ0) is 7.56. The Balaban J connectivity index is 3.09. The molecule has 3 nitrogen and oxygen atoms in total. The van der Waals surface area contributed by atoms with Gasteiger partial charge in [0.1, 0.15) is 5.82 Å². The monoisotopic (exact) mass is 158 g/mol. The molecule has 0 saturated carbocycles. The Hall–Kier alpha value is -0.800. The lowest BCUT2D eigenvalue weighted by atomic mass is 10.3. The minimum atomic E-state index is -0.177. The van der Waals surface area contributed by atoms with Gasteiger partial charge in [-0.2, -0.15) is 0 Å². The molecular weight excluding hydrogens is 152 g/mol. The second-order valence-corrected chi connectivity index (χ2v) is 2.23. The first-order valence-electron chi connectivity index (χ1n) is 2.76. The summed E-state index contributed by atoms with van der Waals surface area (Å²) in [5, 5.41) is 9.08. The van der Waals surface area contributed by atoms with Crippen LogP contribution in [0.2, 0.25) is 5.02 Å². The van der Waals surface area contributed by atoms with Crippen molar-refractivity contribution in [1.82, 2.24) is 4.98 Å². The van der Waals surface area contributed by atoms with Gasteiger partial charge >= 0.3 is 0 Å². The molecule has 0 atom stereocenters. The molecule has 0 unspecified atom stereocenters. The number of hydrogen-bond donors (Lipinski definition) is 2. The van der Waals surface area contributed by atoms with E-state index in [2.05, 4.69) is 4.98 Å². The Morgan fingerprint density at radius 2 is 2.30 bits per heavy atom. The highest BCUT2D eigenvalue weighted by Crippen LogP contribution is 2.14. The van der Waals surface area contributed by atoms with Crippen molar-refractivity contribution in [2.45, 2.75) is 6.61 Å². The second kappa shape index (κ2) is 2.86. The number of nitrogens with zero attached hydrogens (tertiary/aromatic N) is 1. The van der Waals surface area contributed by atoms with E-state index in [4.69, 9.17) is 22.4 Å². The molecule has 0 aliphatic carbocycles. The fourth-order valence-electron chi connectivity index (χ4n) is 0.612. The summed E-state index contributed by atoms with van der Waals surface area (Å²) in [7, 11) is 0. The van der Waals surface area contributed by atoms with Crippen molar-refractivity contribution >= 4 is 17.4 Å². The lowest BCUT2D eigenvalue weighted by Gasteiger charge is -1.98. The van der Waals surface area contributed by atoms with Gasteiger partial charge in [0, 0.05) is 0 Å². The van der Waals surface area contributed by atoms with Crippen molar-refractivity contribution in [1.29, 1.82) is 0 Å². The van der Waals surface area contributed by atoms with E-state index >= 15 is 0 Å². The van der Waals surface area contributed by atoms with E-state index in [1.807, 2.05) is 0 Å². The molecule has 0 aliphatic heterocycles. The molecule has 1 aromatic heterocycles. The number of anilines is 1. The van der Waals surface area contributed by atoms with Crippen LogP contribution in [-0.2, 0) is 6.61 Å². The highest BCUT2D eigenvalue weighted by molar-refractivity contribution is 6.31. The average Bonchev–Trinajstić information content (AvgIpc) is 1.94. The number of aliphatic hydroxyl groups is 1. The Labute approximate surface area is 63.5 Å². The second-order valence-electron chi connectivity index (χ2n) is 1.82. The first kappa shape index (κ1) is 7.31. The van der Waals surface area contributed by atoms with Crippen LogP contribution in [-0.4, -0.2) is 10.1 Å². The molecule has 0 saturated heterocycles. The van der Waals surface area contributed by atoms with Crippen LogP contribution in [0.25, 0.3) is 0 Å². The zero-order valence-corrected chi connectivity index (χ0v) is 5.97. The summed E-state index contributed by atoms with van der Waals surface area (Å²) in [6.07, 6.45) is 0. The van der Waals surface area contributed by atoms with Crippen LogP contribution in [0.15, 0.2) is 12.1 Å². The fraction of sp³-hybridized carbons (Fsp3) is 0.167. The van der Waals surface area contributed by atoms with Crippen LogP contribution >= 0.6 is 11.6 Å². The van der Waals surface area contributed by atoms with Crippen molar-refractivity contribution in [3.63, 3.8) is 0 Å². The van der Waals surface area contributed by atoms with Crippen molar-refractivity contribution in [2.24, 2.45) is 0 Å². The average molecular weight is 159 g/mol. The van der Waals surface area contributed by atoms with Gasteiger partial charge in [0.05, 0.1) is 17.3 Å². The van der Waals surface area contributed by atoms with Crippen molar-refractivity contribution in [3.8, 4) is 0 Å². The smallest absolute Gasteiger partial charge is 0.123 e. The maximum atomic E-state index is 8.64. The minimum Gasteiger partial charge on any atom is -0.390 e. The lowest BCUT2D eigenvalue weighted by Crippen LogP contribution is -1.95. The minimum absolute atomic E-state index is 0.177. The summed E-state index contributed by atoms with van der Waals surface area (Å²) in [6.45, 7) is -0.177. The third-order valence-corrected chi connectivity index (χ3v) is 1.43. The third kappa shape index (κ3) is 1.37. The van der Waals surface area contributed by atoms with Crippen LogP contribution in [0.4, 0.5) is 5.82 Å². The number of hydrogen-bond acceptors (Lipinski definition) is 3. The maximum Gasteiger partial charge on any atom is 0.123 e. The highest BCUT2D eigenvalue weighted by atomic mass is 35.5. The zero-order valence-electron chi connectivity index (χ0n) is 5.21. The van der Waals surface area contributed by atoms with E-state index in [9.17, 15) is 0 Å². The molecule has 1 aromatic rings. The molecule has 0 spiro atoms. The van der Waals surface area contributed by atoms with Gasteiger partial charge in [-0.25, -0.2) is 4.98 Å². The molecule has 1 rings (SSSR count). The largest absolute Gasteiger partial charge is 0.390 e. The van der Waals surface area contributed by atoms with Crippen LogP contribution < -0.4 is 5.73 Å². The van der Waals surface area contributed by atoms with Crippen LogP contribution in [0, 0.1) is 0 Å². The van der Waals surface area contributed by atoms with Gasteiger partial charge in [0.15, 0.2) is 0 Å². The SMILES string of the molecule is Nc1ccc(Cl)c(CO)n1. The summed E-state index contributed by atoms with van der Waals surface area (Å²) in [4.78, 5) is 3.79. The highest BCUT2D eigenvalue weighted by Gasteiger charge is 1.98. The number of rotatable bonds is 1. The topological polar surface area (TPSA) is 59.1 Å². The number of nitrogen functional groups attached to an aromatic ring is 1. The molecule has 0 fully saturated rings. The number of pyridine rings is 1. The summed E-state index contributed by atoms with van der Waals surface area (Å²) in [6, 6.07) is 3.19. The van der Waals surface area contributed by atoms with E-state index in [0.717, 1.165) is 0 Å². The predicted octanol–water partition coefficient (Wildman–Crippen LogP) is 0.810. The van der Waals surface area contributed by atoms with Gasteiger partial charge in [0.25, 0.3) is 0 Å². The van der Waals surface area contributed by atoms with Gasteiger partial charge < -0.3 is 10.8 Å². The molecule has 0 aromatic carbocycles. The van der Waals surface area contributed by atoms with Crippen LogP contribution in [0.3, 0.4) is 0 Å². The molecule has 3 N–H and O–H groups in total. The Morgan fingerprint density at radius 1 is 1.60 bits per heavy atom. The standard InChI is InChI=1S/C6H7ClN2O/c7-4-1-2-6(8)9-5(4)3-10/h1-2,10H,3H2,(H2,8,9). The third-order valence-electron chi connectivity index (χ3n) is 1.09. The lowest BCUT2D eigenvalue weighted by molar-refractivity contribution is 0.277. The molecule has 0 bridgehead atoms. The van der Waals surface area contributed by atoms with E-state index < -0.39 is 0 Å². The van der Waals surface area contributed by atoms with Gasteiger partial charge in [-0.3, -0.25) is 0 Å². The fourth-order valence-corrected chi connectivity index (χ4v) is 0.777. The summed E-state index contributed by atoms with van der Waals surface area (Å²) >= 11 is 5.62. The quantitative estimate of drug-likeness (QED) is 0.636. The van der Waals surface area contributed by atoms with Gasteiger partial charge in [-0.15, -0.1) is 0 Å². The summed E-state index contributed by atoms with van der Waals surface area (Å²) < 4.78 is 0. The first-order valence-corrected chi connectivity index (χ1v) is 3.13. The Bertz CT molecular complexity index is 239. The molecule has 54 valence electrons.